The number of imide groups is 1. The molecular weight excluding hydrogens is 468 g/mol. The Morgan fingerprint density at radius 3 is 2.22 bits per heavy atom. The van der Waals surface area contributed by atoms with Crippen molar-refractivity contribution in [3.05, 3.63) is 76.3 Å². The number of anilines is 1. The largest absolute Gasteiger partial charge is 0.290 e. The molecule has 2 aromatic rings. The molecule has 5 nitrogen and oxygen atoms in total. The molecule has 4 aliphatic carbocycles. The highest BCUT2D eigenvalue weighted by molar-refractivity contribution is 9.10. The molecule has 0 N–H and O–H groups in total. The van der Waals surface area contributed by atoms with Crippen molar-refractivity contribution in [1.29, 1.82) is 0 Å². The molecule has 6 atom stereocenters. The van der Waals surface area contributed by atoms with Gasteiger partial charge in [-0.2, -0.15) is 0 Å². The van der Waals surface area contributed by atoms with E-state index in [0.29, 0.717) is 23.1 Å². The maximum absolute atomic E-state index is 13.5. The minimum atomic E-state index is -0.261. The molecule has 0 spiro atoms. The van der Waals surface area contributed by atoms with Crippen LogP contribution in [0.3, 0.4) is 0 Å². The third kappa shape index (κ3) is 2.92. The van der Waals surface area contributed by atoms with Crippen molar-refractivity contribution in [3.8, 4) is 0 Å². The van der Waals surface area contributed by atoms with Gasteiger partial charge in [-0.25, -0.2) is 0 Å². The van der Waals surface area contributed by atoms with Gasteiger partial charge in [-0.1, -0.05) is 40.2 Å². The molecule has 2 bridgehead atoms. The second-order valence-electron chi connectivity index (χ2n) is 9.48. The quantitative estimate of drug-likeness (QED) is 0.470. The number of allylic oxidation sites excluding steroid dienone is 2. The fraction of sp³-hybridized carbons (Fsp3) is 0.346. The molecule has 2 saturated carbocycles. The predicted molar refractivity (Wildman–Crippen MR) is 124 cm³/mol. The number of rotatable bonds is 4. The Bertz CT molecular complexity index is 1140. The number of hydrogen-bond donors (Lipinski definition) is 0. The van der Waals surface area contributed by atoms with Gasteiger partial charge in [0, 0.05) is 15.7 Å². The second-order valence-corrected chi connectivity index (χ2v) is 10.4. The van der Waals surface area contributed by atoms with E-state index in [2.05, 4.69) is 28.1 Å². The molecule has 7 rings (SSSR count). The molecule has 32 heavy (non-hydrogen) atoms. The zero-order valence-electron chi connectivity index (χ0n) is 17.6. The molecule has 1 heterocycles. The summed E-state index contributed by atoms with van der Waals surface area (Å²) in [6, 6.07) is 14.7. The van der Waals surface area contributed by atoms with Crippen LogP contribution in [0.5, 0.6) is 0 Å². The third-order valence-electron chi connectivity index (χ3n) is 7.69. The molecule has 0 aromatic heterocycles. The summed E-state index contributed by atoms with van der Waals surface area (Å²) in [4.78, 5) is 43.4. The first kappa shape index (κ1) is 19.9. The Labute approximate surface area is 195 Å². The van der Waals surface area contributed by atoms with E-state index in [0.717, 1.165) is 16.5 Å². The number of nitrogens with zero attached hydrogens (tertiary/aromatic N) is 2. The van der Waals surface area contributed by atoms with Crippen molar-refractivity contribution >= 4 is 39.3 Å². The molecule has 6 unspecified atom stereocenters. The fourth-order valence-corrected chi connectivity index (χ4v) is 6.37. The summed E-state index contributed by atoms with van der Waals surface area (Å²) < 4.78 is 0.881. The topological polar surface area (TPSA) is 57.7 Å². The van der Waals surface area contributed by atoms with Crippen molar-refractivity contribution in [1.82, 2.24) is 4.90 Å². The monoisotopic (exact) mass is 490 g/mol. The number of hydrogen-bond acceptors (Lipinski definition) is 3. The van der Waals surface area contributed by atoms with Crippen LogP contribution in [-0.2, 0) is 9.59 Å². The van der Waals surface area contributed by atoms with Crippen LogP contribution in [0.2, 0.25) is 0 Å². The van der Waals surface area contributed by atoms with Crippen LogP contribution in [0.1, 0.15) is 22.3 Å². The van der Waals surface area contributed by atoms with Crippen LogP contribution in [0.15, 0.2) is 65.2 Å². The van der Waals surface area contributed by atoms with Crippen LogP contribution in [-0.4, -0.2) is 29.3 Å². The SMILES string of the molecule is Cc1cccc(N(CN2C(=O)C3C4C=CC(C5CC45)C3C2=O)C(=O)c2ccc(Br)cc2)c1. The molecule has 5 aliphatic rings. The maximum atomic E-state index is 13.5. The van der Waals surface area contributed by atoms with Crippen LogP contribution < -0.4 is 4.90 Å². The average molecular weight is 491 g/mol. The molecule has 3 amide bonds. The highest BCUT2D eigenvalue weighted by atomic mass is 79.9. The number of carbonyl (C=O) groups is 3. The van der Waals surface area contributed by atoms with Crippen molar-refractivity contribution in [2.24, 2.45) is 35.5 Å². The Kier molecular flexibility index (Phi) is 4.44. The van der Waals surface area contributed by atoms with E-state index in [-0.39, 0.29) is 48.1 Å². The molecule has 6 heteroatoms. The standard InChI is InChI=1S/C26H23BrN2O3/c1-14-3-2-4-17(11-14)28(24(30)15-5-7-16(27)8-6-15)13-29-25(31)22-18-9-10-19(21-12-20(18)21)23(22)26(29)32/h2-11,18-23H,12-13H2,1H3. The third-order valence-corrected chi connectivity index (χ3v) is 8.22. The first-order chi connectivity index (χ1) is 15.4. The highest BCUT2D eigenvalue weighted by Gasteiger charge is 2.67. The smallest absolute Gasteiger partial charge is 0.259 e. The maximum Gasteiger partial charge on any atom is 0.259 e. The summed E-state index contributed by atoms with van der Waals surface area (Å²) >= 11 is 3.40. The van der Waals surface area contributed by atoms with Gasteiger partial charge in [-0.15, -0.1) is 0 Å². The van der Waals surface area contributed by atoms with Crippen molar-refractivity contribution < 1.29 is 14.4 Å². The van der Waals surface area contributed by atoms with E-state index < -0.39 is 0 Å². The van der Waals surface area contributed by atoms with E-state index in [1.54, 1.807) is 17.0 Å². The lowest BCUT2D eigenvalue weighted by molar-refractivity contribution is -0.140. The van der Waals surface area contributed by atoms with Crippen molar-refractivity contribution in [2.45, 2.75) is 13.3 Å². The predicted octanol–water partition coefficient (Wildman–Crippen LogP) is 4.41. The molecule has 162 valence electrons. The van der Waals surface area contributed by atoms with E-state index in [4.69, 9.17) is 0 Å². The zero-order valence-corrected chi connectivity index (χ0v) is 19.2. The van der Waals surface area contributed by atoms with E-state index >= 15 is 0 Å². The molecule has 1 aliphatic heterocycles. The number of likely N-dealkylation sites (tertiary alicyclic amines) is 1. The fourth-order valence-electron chi connectivity index (χ4n) is 6.11. The number of aryl methyl sites for hydroxylation is 1. The van der Waals surface area contributed by atoms with Crippen LogP contribution >= 0.6 is 15.9 Å². The Hall–Kier alpha value is -2.73. The number of benzene rings is 2. The lowest BCUT2D eigenvalue weighted by atomic mass is 9.63. The number of carbonyl (C=O) groups excluding carboxylic acids is 3. The summed E-state index contributed by atoms with van der Waals surface area (Å²) in [5.41, 5.74) is 2.19. The van der Waals surface area contributed by atoms with Gasteiger partial charge in [0.1, 0.15) is 6.67 Å². The summed E-state index contributed by atoms with van der Waals surface area (Å²) in [6.07, 6.45) is 5.47. The number of halogens is 1. The molecule has 2 aromatic carbocycles. The summed E-state index contributed by atoms with van der Waals surface area (Å²) in [7, 11) is 0. The van der Waals surface area contributed by atoms with Gasteiger partial charge in [-0.05, 0) is 79.0 Å². The summed E-state index contributed by atoms with van der Waals surface area (Å²) in [6.45, 7) is 1.90. The summed E-state index contributed by atoms with van der Waals surface area (Å²) in [5.74, 6) is 0.462. The van der Waals surface area contributed by atoms with E-state index in [1.165, 1.54) is 4.90 Å². The Balaban J connectivity index is 1.34. The molecular formula is C26H23BrN2O3. The van der Waals surface area contributed by atoms with Gasteiger partial charge in [0.15, 0.2) is 0 Å². The average Bonchev–Trinajstić information content (AvgIpc) is 3.57. The van der Waals surface area contributed by atoms with E-state index in [9.17, 15) is 14.4 Å². The number of amides is 3. The van der Waals surface area contributed by atoms with Gasteiger partial charge in [0.25, 0.3) is 5.91 Å². The second kappa shape index (κ2) is 7.14. The minimum absolute atomic E-state index is 0.0577. The van der Waals surface area contributed by atoms with Gasteiger partial charge >= 0.3 is 0 Å². The summed E-state index contributed by atoms with van der Waals surface area (Å²) in [5, 5.41) is 0. The molecule has 1 saturated heterocycles. The first-order valence-electron chi connectivity index (χ1n) is 11.1. The Morgan fingerprint density at radius 2 is 1.62 bits per heavy atom. The van der Waals surface area contributed by atoms with Crippen LogP contribution in [0.25, 0.3) is 0 Å². The molecule has 3 fully saturated rings. The van der Waals surface area contributed by atoms with E-state index in [1.807, 2.05) is 43.3 Å². The van der Waals surface area contributed by atoms with Crippen LogP contribution in [0.4, 0.5) is 5.69 Å². The Morgan fingerprint density at radius 1 is 1.00 bits per heavy atom. The van der Waals surface area contributed by atoms with Gasteiger partial charge in [-0.3, -0.25) is 24.2 Å². The highest BCUT2D eigenvalue weighted by Crippen LogP contribution is 2.65. The minimum Gasteiger partial charge on any atom is -0.290 e. The lowest BCUT2D eigenvalue weighted by Gasteiger charge is -2.37. The normalized spacial score (nSPS) is 31.5. The van der Waals surface area contributed by atoms with Gasteiger partial charge in [0.2, 0.25) is 11.8 Å². The van der Waals surface area contributed by atoms with Gasteiger partial charge in [0.05, 0.1) is 11.8 Å². The van der Waals surface area contributed by atoms with Crippen molar-refractivity contribution in [3.63, 3.8) is 0 Å². The van der Waals surface area contributed by atoms with Crippen LogP contribution in [0, 0.1) is 42.4 Å². The van der Waals surface area contributed by atoms with Crippen molar-refractivity contribution in [2.75, 3.05) is 11.6 Å². The van der Waals surface area contributed by atoms with Gasteiger partial charge < -0.3 is 0 Å². The zero-order chi connectivity index (χ0) is 22.1. The lowest BCUT2D eigenvalue weighted by Crippen LogP contribution is -2.45. The molecule has 0 radical (unpaired) electrons. The first-order valence-corrected chi connectivity index (χ1v) is 11.9.